The monoisotopic (exact) mass is 262 g/mol. The summed E-state index contributed by atoms with van der Waals surface area (Å²) in [7, 11) is 0. The van der Waals surface area contributed by atoms with E-state index in [4.69, 9.17) is 4.99 Å². The van der Waals surface area contributed by atoms with E-state index in [2.05, 4.69) is 53.4 Å². The fraction of sp³-hybridized carbons (Fsp3) is 0.278. The van der Waals surface area contributed by atoms with Crippen LogP contribution in [0.15, 0.2) is 53.5 Å². The van der Waals surface area contributed by atoms with Crippen LogP contribution in [0.5, 0.6) is 0 Å². The number of aliphatic imine (C=N–C) groups is 1. The molecular weight excluding hydrogens is 244 g/mol. The van der Waals surface area contributed by atoms with Gasteiger partial charge in [-0.3, -0.25) is 4.99 Å². The molecule has 1 saturated heterocycles. The molecule has 0 bridgehead atoms. The van der Waals surface area contributed by atoms with Crippen molar-refractivity contribution in [2.75, 3.05) is 18.0 Å². The second-order valence-electron chi connectivity index (χ2n) is 5.61. The lowest BCUT2D eigenvalue weighted by Gasteiger charge is -2.18. The molecule has 0 aliphatic carbocycles. The van der Waals surface area contributed by atoms with Gasteiger partial charge in [0.05, 0.1) is 11.4 Å². The van der Waals surface area contributed by atoms with Gasteiger partial charge in [-0.25, -0.2) is 0 Å². The van der Waals surface area contributed by atoms with Gasteiger partial charge in [-0.1, -0.05) is 30.3 Å². The molecule has 100 valence electrons. The predicted molar refractivity (Wildman–Crippen MR) is 84.2 cm³/mol. The van der Waals surface area contributed by atoms with Crippen molar-refractivity contribution in [1.29, 1.82) is 0 Å². The average molecular weight is 262 g/mol. The largest absolute Gasteiger partial charge is 0.372 e. The smallest absolute Gasteiger partial charge is 0.0669 e. The average Bonchev–Trinajstić information content (AvgIpc) is 3.16. The fourth-order valence-corrected chi connectivity index (χ4v) is 3.16. The van der Waals surface area contributed by atoms with Gasteiger partial charge in [0.2, 0.25) is 0 Å². The summed E-state index contributed by atoms with van der Waals surface area (Å²) in [5.74, 6) is 0. The van der Waals surface area contributed by atoms with Gasteiger partial charge in [-0.05, 0) is 42.2 Å². The third-order valence-corrected chi connectivity index (χ3v) is 4.26. The molecule has 2 heteroatoms. The molecule has 2 aliphatic rings. The Morgan fingerprint density at radius 3 is 2.60 bits per heavy atom. The van der Waals surface area contributed by atoms with Crippen LogP contribution in [0.4, 0.5) is 11.4 Å². The van der Waals surface area contributed by atoms with Gasteiger partial charge in [0.15, 0.2) is 0 Å². The summed E-state index contributed by atoms with van der Waals surface area (Å²) < 4.78 is 0. The number of nitrogens with zero attached hydrogens (tertiary/aromatic N) is 2. The molecule has 0 N–H and O–H groups in total. The Kier molecular flexibility index (Phi) is 2.80. The van der Waals surface area contributed by atoms with Gasteiger partial charge in [0.1, 0.15) is 0 Å². The van der Waals surface area contributed by atoms with E-state index in [1.165, 1.54) is 48.5 Å². The van der Waals surface area contributed by atoms with E-state index in [0.717, 1.165) is 12.1 Å². The highest BCUT2D eigenvalue weighted by atomic mass is 15.1. The van der Waals surface area contributed by atoms with Gasteiger partial charge in [-0.2, -0.15) is 0 Å². The van der Waals surface area contributed by atoms with Crippen molar-refractivity contribution in [3.8, 4) is 0 Å². The van der Waals surface area contributed by atoms with Crippen molar-refractivity contribution in [1.82, 2.24) is 0 Å². The second-order valence-corrected chi connectivity index (χ2v) is 5.61. The van der Waals surface area contributed by atoms with Crippen molar-refractivity contribution in [3.05, 3.63) is 59.7 Å². The highest BCUT2D eigenvalue weighted by molar-refractivity contribution is 6.07. The molecule has 0 unspecified atom stereocenters. The molecule has 2 heterocycles. The van der Waals surface area contributed by atoms with Crippen LogP contribution in [0.25, 0.3) is 0 Å². The third kappa shape index (κ3) is 2.01. The Morgan fingerprint density at radius 2 is 1.75 bits per heavy atom. The van der Waals surface area contributed by atoms with Crippen LogP contribution in [0.1, 0.15) is 24.0 Å². The minimum atomic E-state index is 0.958. The maximum atomic E-state index is 4.79. The van der Waals surface area contributed by atoms with E-state index in [1.54, 1.807) is 0 Å². The molecule has 2 nitrogen and oxygen atoms in total. The Bertz CT molecular complexity index is 667. The van der Waals surface area contributed by atoms with Crippen LogP contribution in [0, 0.1) is 0 Å². The molecule has 0 atom stereocenters. The van der Waals surface area contributed by atoms with E-state index in [9.17, 15) is 0 Å². The molecule has 0 spiro atoms. The van der Waals surface area contributed by atoms with E-state index in [0.29, 0.717) is 0 Å². The van der Waals surface area contributed by atoms with Crippen LogP contribution in [-0.4, -0.2) is 18.8 Å². The molecule has 4 rings (SSSR count). The van der Waals surface area contributed by atoms with Gasteiger partial charge < -0.3 is 4.90 Å². The first-order valence-electron chi connectivity index (χ1n) is 7.41. The normalized spacial score (nSPS) is 17.2. The summed E-state index contributed by atoms with van der Waals surface area (Å²) in [6.07, 6.45) is 3.59. The highest BCUT2D eigenvalue weighted by Gasteiger charge is 2.17. The molecule has 1 fully saturated rings. The Morgan fingerprint density at radius 1 is 0.900 bits per heavy atom. The number of para-hydroxylation sites is 1. The maximum absolute atomic E-state index is 4.79. The number of rotatable bonds is 2. The highest BCUT2D eigenvalue weighted by Crippen LogP contribution is 2.29. The minimum Gasteiger partial charge on any atom is -0.372 e. The number of anilines is 1. The van der Waals surface area contributed by atoms with E-state index >= 15 is 0 Å². The predicted octanol–water partition coefficient (Wildman–Crippen LogP) is 3.96. The van der Waals surface area contributed by atoms with Crippen molar-refractivity contribution < 1.29 is 0 Å². The molecule has 2 aliphatic heterocycles. The van der Waals surface area contributed by atoms with Crippen LogP contribution in [0.3, 0.4) is 0 Å². The minimum absolute atomic E-state index is 0.958. The Balaban J connectivity index is 1.65. The zero-order chi connectivity index (χ0) is 13.4. The molecule has 0 amide bonds. The SMILES string of the molecule is c1cc(C2=Nc3ccccc3C2)cc(N2CCCC2)c1. The number of hydrogen-bond acceptors (Lipinski definition) is 2. The zero-order valence-electron chi connectivity index (χ0n) is 11.5. The summed E-state index contributed by atoms with van der Waals surface area (Å²) >= 11 is 0. The van der Waals surface area contributed by atoms with Gasteiger partial charge in [0, 0.05) is 25.2 Å². The second kappa shape index (κ2) is 4.78. The van der Waals surface area contributed by atoms with E-state index < -0.39 is 0 Å². The summed E-state index contributed by atoms with van der Waals surface area (Å²) in [4.78, 5) is 7.27. The number of hydrogen-bond donors (Lipinski definition) is 0. The van der Waals surface area contributed by atoms with Crippen LogP contribution in [-0.2, 0) is 6.42 Å². The standard InChI is InChI=1S/C18H18N2/c1-2-9-17-15(6-1)13-18(19-17)14-7-5-8-16(12-14)20-10-3-4-11-20/h1-2,5-9,12H,3-4,10-11,13H2. The van der Waals surface area contributed by atoms with Crippen LogP contribution >= 0.6 is 0 Å². The lowest BCUT2D eigenvalue weighted by atomic mass is 10.0. The number of fused-ring (bicyclic) bond motifs is 1. The first kappa shape index (κ1) is 11.7. The molecule has 0 saturated carbocycles. The molecular formula is C18H18N2. The molecule has 2 aromatic carbocycles. The van der Waals surface area contributed by atoms with Crippen LogP contribution in [0.2, 0.25) is 0 Å². The van der Waals surface area contributed by atoms with Gasteiger partial charge in [0.25, 0.3) is 0 Å². The molecule has 0 radical (unpaired) electrons. The summed E-state index contributed by atoms with van der Waals surface area (Å²) in [6, 6.07) is 17.3. The summed E-state index contributed by atoms with van der Waals surface area (Å²) in [6.45, 7) is 2.38. The first-order valence-corrected chi connectivity index (χ1v) is 7.41. The first-order chi connectivity index (χ1) is 9.90. The lowest BCUT2D eigenvalue weighted by molar-refractivity contribution is 0.949. The molecule has 2 aromatic rings. The summed E-state index contributed by atoms with van der Waals surface area (Å²) in [5.41, 5.74) is 6.29. The topological polar surface area (TPSA) is 15.6 Å². The zero-order valence-corrected chi connectivity index (χ0v) is 11.5. The lowest BCUT2D eigenvalue weighted by Crippen LogP contribution is -2.17. The van der Waals surface area contributed by atoms with Gasteiger partial charge in [-0.15, -0.1) is 0 Å². The van der Waals surface area contributed by atoms with Crippen molar-refractivity contribution in [2.45, 2.75) is 19.3 Å². The van der Waals surface area contributed by atoms with E-state index in [-0.39, 0.29) is 0 Å². The van der Waals surface area contributed by atoms with Crippen molar-refractivity contribution >= 4 is 17.1 Å². The summed E-state index contributed by atoms with van der Waals surface area (Å²) in [5, 5.41) is 0. The van der Waals surface area contributed by atoms with Crippen molar-refractivity contribution in [2.24, 2.45) is 4.99 Å². The number of benzene rings is 2. The van der Waals surface area contributed by atoms with Gasteiger partial charge >= 0.3 is 0 Å². The maximum Gasteiger partial charge on any atom is 0.0669 e. The van der Waals surface area contributed by atoms with Crippen molar-refractivity contribution in [3.63, 3.8) is 0 Å². The quantitative estimate of drug-likeness (QED) is 0.799. The van der Waals surface area contributed by atoms with Crippen LogP contribution < -0.4 is 4.90 Å². The van der Waals surface area contributed by atoms with E-state index in [1.807, 2.05) is 0 Å². The third-order valence-electron chi connectivity index (χ3n) is 4.26. The Hall–Kier alpha value is -2.09. The molecule has 0 aromatic heterocycles. The Labute approximate surface area is 119 Å². The fourth-order valence-electron chi connectivity index (χ4n) is 3.16. The molecule has 20 heavy (non-hydrogen) atoms.